The highest BCUT2D eigenvalue weighted by atomic mass is 35.5. The third-order valence-corrected chi connectivity index (χ3v) is 5.29. The van der Waals surface area contributed by atoms with Crippen LogP contribution in [0, 0.1) is 0 Å². The summed E-state index contributed by atoms with van der Waals surface area (Å²) in [5, 5.41) is 12.7. The molecule has 0 aliphatic carbocycles. The van der Waals surface area contributed by atoms with Gasteiger partial charge in [-0.15, -0.1) is 5.10 Å². The van der Waals surface area contributed by atoms with E-state index in [9.17, 15) is 13.2 Å². The number of anilines is 2. The first-order valence-electron chi connectivity index (χ1n) is 8.44. The van der Waals surface area contributed by atoms with Crippen LogP contribution in [-0.4, -0.2) is 43.2 Å². The van der Waals surface area contributed by atoms with Crippen molar-refractivity contribution in [1.82, 2.24) is 14.8 Å². The molecule has 1 aromatic heterocycles. The summed E-state index contributed by atoms with van der Waals surface area (Å²) in [7, 11) is -0.568. The van der Waals surface area contributed by atoms with Gasteiger partial charge in [-0.1, -0.05) is 29.8 Å². The Kier molecular flexibility index (Phi) is 5.87. The number of primary sulfonamides is 1. The van der Waals surface area contributed by atoms with Crippen molar-refractivity contribution in [3.05, 3.63) is 59.4 Å². The molecule has 29 heavy (non-hydrogen) atoms. The number of sulfonamides is 1. The third kappa shape index (κ3) is 4.91. The summed E-state index contributed by atoms with van der Waals surface area (Å²) in [5.41, 5.74) is 1.16. The lowest BCUT2D eigenvalue weighted by molar-refractivity contribution is -0.115. The first-order valence-corrected chi connectivity index (χ1v) is 10.4. The van der Waals surface area contributed by atoms with Gasteiger partial charge in [0.25, 0.3) is 0 Å². The molecular formula is C18H19ClN6O3S. The van der Waals surface area contributed by atoms with E-state index < -0.39 is 10.0 Å². The summed E-state index contributed by atoms with van der Waals surface area (Å²) in [6.45, 7) is 0. The molecule has 152 valence electrons. The van der Waals surface area contributed by atoms with E-state index in [0.717, 1.165) is 0 Å². The Morgan fingerprint density at radius 2 is 1.97 bits per heavy atom. The van der Waals surface area contributed by atoms with Gasteiger partial charge in [0.15, 0.2) is 0 Å². The zero-order valence-corrected chi connectivity index (χ0v) is 17.3. The fourth-order valence-electron chi connectivity index (χ4n) is 2.60. The number of nitrogens with two attached hydrogens (primary N) is 1. The van der Waals surface area contributed by atoms with Crippen LogP contribution >= 0.6 is 11.6 Å². The normalized spacial score (nSPS) is 11.3. The number of aromatic nitrogens is 3. The van der Waals surface area contributed by atoms with Crippen molar-refractivity contribution in [2.75, 3.05) is 24.3 Å². The van der Waals surface area contributed by atoms with Crippen molar-refractivity contribution in [2.24, 2.45) is 5.14 Å². The van der Waals surface area contributed by atoms with Gasteiger partial charge in [0, 0.05) is 24.8 Å². The smallest absolute Gasteiger partial charge is 0.244 e. The molecule has 11 heteroatoms. The van der Waals surface area contributed by atoms with Gasteiger partial charge >= 0.3 is 0 Å². The van der Waals surface area contributed by atoms with Crippen LogP contribution in [0.5, 0.6) is 0 Å². The predicted molar refractivity (Wildman–Crippen MR) is 111 cm³/mol. The topological polar surface area (TPSA) is 123 Å². The van der Waals surface area contributed by atoms with Gasteiger partial charge in [-0.3, -0.25) is 4.79 Å². The van der Waals surface area contributed by atoms with Gasteiger partial charge in [-0.25, -0.2) is 18.2 Å². The maximum absolute atomic E-state index is 12.3. The lowest BCUT2D eigenvalue weighted by Gasteiger charge is -2.12. The first kappa shape index (κ1) is 20.8. The Morgan fingerprint density at radius 3 is 2.59 bits per heavy atom. The van der Waals surface area contributed by atoms with E-state index in [2.05, 4.69) is 15.4 Å². The molecule has 3 aromatic rings. The van der Waals surface area contributed by atoms with Crippen LogP contribution in [0.1, 0.15) is 5.56 Å². The maximum Gasteiger partial charge on any atom is 0.244 e. The second-order valence-corrected chi connectivity index (χ2v) is 8.36. The molecular weight excluding hydrogens is 416 g/mol. The molecule has 0 atom stereocenters. The van der Waals surface area contributed by atoms with E-state index in [4.69, 9.17) is 16.7 Å². The Labute approximate surface area is 173 Å². The number of nitrogens with zero attached hydrogens (tertiary/aromatic N) is 4. The number of hydrogen-bond donors (Lipinski definition) is 2. The van der Waals surface area contributed by atoms with Crippen molar-refractivity contribution in [3.63, 3.8) is 0 Å². The lowest BCUT2D eigenvalue weighted by atomic mass is 10.1. The zero-order valence-electron chi connectivity index (χ0n) is 15.7. The highest BCUT2D eigenvalue weighted by molar-refractivity contribution is 7.89. The largest absolute Gasteiger partial charge is 0.346 e. The maximum atomic E-state index is 12.3. The second-order valence-electron chi connectivity index (χ2n) is 6.43. The van der Waals surface area contributed by atoms with Crippen molar-refractivity contribution in [2.45, 2.75) is 11.3 Å². The second kappa shape index (κ2) is 8.19. The molecule has 0 spiro atoms. The predicted octanol–water partition coefficient (Wildman–Crippen LogP) is 1.82. The van der Waals surface area contributed by atoms with Crippen molar-refractivity contribution < 1.29 is 13.2 Å². The van der Waals surface area contributed by atoms with Gasteiger partial charge in [-0.05, 0) is 29.8 Å². The molecule has 3 N–H and O–H groups in total. The Bertz CT molecular complexity index is 1160. The number of carbonyl (C=O) groups is 1. The molecule has 0 bridgehead atoms. The van der Waals surface area contributed by atoms with Crippen LogP contribution in [-0.2, 0) is 21.2 Å². The van der Waals surface area contributed by atoms with Crippen LogP contribution in [0.4, 0.5) is 11.6 Å². The van der Waals surface area contributed by atoms with E-state index in [0.29, 0.717) is 16.5 Å². The van der Waals surface area contributed by atoms with Crippen LogP contribution in [0.2, 0.25) is 5.02 Å². The van der Waals surface area contributed by atoms with Crippen LogP contribution in [0.3, 0.4) is 0 Å². The Morgan fingerprint density at radius 1 is 1.24 bits per heavy atom. The monoisotopic (exact) mass is 434 g/mol. The highest BCUT2D eigenvalue weighted by Gasteiger charge is 2.19. The summed E-state index contributed by atoms with van der Waals surface area (Å²) in [4.78, 5) is 17.9. The molecule has 9 nitrogen and oxygen atoms in total. The molecule has 0 unspecified atom stereocenters. The SMILES string of the molecule is CN(C)c1ncn(-c2ccc(NC(=O)Cc3ccccc3Cl)cc2S(N)(=O)=O)n1. The zero-order chi connectivity index (χ0) is 21.2. The average Bonchev–Trinajstić information content (AvgIpc) is 3.13. The molecule has 2 aromatic carbocycles. The summed E-state index contributed by atoms with van der Waals surface area (Å²) in [6, 6.07) is 11.3. The molecule has 1 amide bonds. The molecule has 0 radical (unpaired) electrons. The lowest BCUT2D eigenvalue weighted by Crippen LogP contribution is -2.18. The fourth-order valence-corrected chi connectivity index (χ4v) is 3.55. The van der Waals surface area contributed by atoms with E-state index in [1.807, 2.05) is 0 Å². The van der Waals surface area contributed by atoms with Gasteiger partial charge < -0.3 is 10.2 Å². The van der Waals surface area contributed by atoms with Crippen molar-refractivity contribution in [3.8, 4) is 5.69 Å². The number of hydrogen-bond acceptors (Lipinski definition) is 6. The average molecular weight is 435 g/mol. The minimum Gasteiger partial charge on any atom is -0.346 e. The fraction of sp³-hybridized carbons (Fsp3) is 0.167. The van der Waals surface area contributed by atoms with E-state index in [1.54, 1.807) is 49.3 Å². The summed E-state index contributed by atoms with van der Waals surface area (Å²) < 4.78 is 25.5. The standard InChI is InChI=1S/C18H19ClN6O3S/c1-24(2)18-21-11-25(23-18)15-8-7-13(10-16(15)29(20,27)28)22-17(26)9-12-5-3-4-6-14(12)19/h3-8,10-11H,9H2,1-2H3,(H,22,26)(H2,20,27,28). The van der Waals surface area contributed by atoms with Crippen molar-refractivity contribution in [1.29, 1.82) is 0 Å². The quantitative estimate of drug-likeness (QED) is 0.609. The number of amides is 1. The minimum atomic E-state index is -4.09. The third-order valence-electron chi connectivity index (χ3n) is 3.99. The molecule has 0 fully saturated rings. The van der Waals surface area contributed by atoms with Crippen LogP contribution in [0.25, 0.3) is 5.69 Å². The number of rotatable bonds is 6. The van der Waals surface area contributed by atoms with E-state index in [-0.39, 0.29) is 28.6 Å². The van der Waals surface area contributed by atoms with E-state index in [1.165, 1.54) is 23.1 Å². The number of benzene rings is 2. The summed E-state index contributed by atoms with van der Waals surface area (Å²) in [5.74, 6) is 0.0596. The molecule has 0 saturated heterocycles. The van der Waals surface area contributed by atoms with E-state index >= 15 is 0 Å². The molecule has 0 saturated carbocycles. The van der Waals surface area contributed by atoms with Crippen LogP contribution in [0.15, 0.2) is 53.7 Å². The number of halogens is 1. The van der Waals surface area contributed by atoms with Gasteiger partial charge in [-0.2, -0.15) is 4.98 Å². The Hall–Kier alpha value is -2.95. The Balaban J connectivity index is 1.89. The molecule has 0 aliphatic rings. The van der Waals surface area contributed by atoms with Gasteiger partial charge in [0.2, 0.25) is 21.9 Å². The van der Waals surface area contributed by atoms with Crippen molar-refractivity contribution >= 4 is 39.2 Å². The number of nitrogens with one attached hydrogen (secondary N) is 1. The summed E-state index contributed by atoms with van der Waals surface area (Å²) in [6.07, 6.45) is 1.43. The van der Waals surface area contributed by atoms with Gasteiger partial charge in [0.05, 0.1) is 12.1 Å². The minimum absolute atomic E-state index is 0.0431. The highest BCUT2D eigenvalue weighted by Crippen LogP contribution is 2.24. The molecule has 1 heterocycles. The molecule has 0 aliphatic heterocycles. The summed E-state index contributed by atoms with van der Waals surface area (Å²) >= 11 is 6.07. The molecule has 3 rings (SSSR count). The first-order chi connectivity index (χ1) is 13.6. The van der Waals surface area contributed by atoms with Crippen LogP contribution < -0.4 is 15.4 Å². The van der Waals surface area contributed by atoms with Gasteiger partial charge in [0.1, 0.15) is 11.2 Å². The number of carbonyl (C=O) groups excluding carboxylic acids is 1.